The summed E-state index contributed by atoms with van der Waals surface area (Å²) in [5.74, 6) is 0.542. The topological polar surface area (TPSA) is 25.2 Å². The first-order valence-corrected chi connectivity index (χ1v) is 9.28. The van der Waals surface area contributed by atoms with Gasteiger partial charge < -0.3 is 9.67 Å². The Labute approximate surface area is 220 Å². The summed E-state index contributed by atoms with van der Waals surface area (Å²) in [6.45, 7) is 10.3. The molecule has 1 heterocycles. The second-order valence-corrected chi connectivity index (χ2v) is 7.15. The van der Waals surface area contributed by atoms with Crippen molar-refractivity contribution in [1.29, 1.82) is 0 Å². The molecule has 1 atom stereocenters. The van der Waals surface area contributed by atoms with Gasteiger partial charge in [-0.15, -0.1) is 5.56 Å². The van der Waals surface area contributed by atoms with E-state index in [1.165, 1.54) is 27.7 Å². The Morgan fingerprint density at radius 1 is 1.22 bits per heavy atom. The second-order valence-electron chi connectivity index (χ2n) is 7.15. The third-order valence-corrected chi connectivity index (χ3v) is 5.52. The van der Waals surface area contributed by atoms with Crippen LogP contribution in [0.3, 0.4) is 0 Å². The van der Waals surface area contributed by atoms with Crippen molar-refractivity contribution in [2.45, 2.75) is 38.5 Å². The van der Waals surface area contributed by atoms with Crippen LogP contribution in [-0.2, 0) is 12.8 Å². The molecule has 1 aliphatic rings. The minimum Gasteiger partial charge on any atom is -0.513 e. The van der Waals surface area contributed by atoms with Crippen LogP contribution in [0.25, 0.3) is 16.6 Å². The fourth-order valence-corrected chi connectivity index (χ4v) is 4.27. The summed E-state index contributed by atoms with van der Waals surface area (Å²) in [4.78, 5) is 0. The van der Waals surface area contributed by atoms with Crippen LogP contribution in [0.4, 0.5) is 0 Å². The van der Waals surface area contributed by atoms with E-state index in [1.807, 2.05) is 12.1 Å². The van der Waals surface area contributed by atoms with Crippen molar-refractivity contribution in [2.75, 3.05) is 0 Å². The van der Waals surface area contributed by atoms with Crippen molar-refractivity contribution in [2.24, 2.45) is 0 Å². The van der Waals surface area contributed by atoms with Crippen LogP contribution in [0.5, 0.6) is 0 Å². The fraction of sp³-hybridized carbons (Fsp3) is 0.250. The summed E-state index contributed by atoms with van der Waals surface area (Å²) in [6.07, 6.45) is 3.73. The molecule has 0 spiro atoms. The Bertz CT molecular complexity index is 1000. The van der Waals surface area contributed by atoms with E-state index < -0.39 is 0 Å². The van der Waals surface area contributed by atoms with Crippen molar-refractivity contribution < 1.29 is 74.0 Å². The number of benzene rings is 2. The first-order valence-electron chi connectivity index (χ1n) is 9.28. The first kappa shape index (κ1) is 21.0. The van der Waals surface area contributed by atoms with Gasteiger partial charge in [0, 0.05) is 29.1 Å². The van der Waals surface area contributed by atoms with Crippen LogP contribution in [0.2, 0.25) is 0 Å². The van der Waals surface area contributed by atoms with Crippen molar-refractivity contribution in [1.82, 2.24) is 4.57 Å². The summed E-state index contributed by atoms with van der Waals surface area (Å²) in [7, 11) is 0. The van der Waals surface area contributed by atoms with Crippen LogP contribution in [0, 0.1) is 6.07 Å². The maximum Gasteiger partial charge on any atom is 1.00 e. The molecule has 27 heavy (non-hydrogen) atoms. The van der Waals surface area contributed by atoms with Crippen molar-refractivity contribution in [3.05, 3.63) is 89.8 Å². The van der Waals surface area contributed by atoms with Crippen LogP contribution in [0.15, 0.2) is 61.4 Å². The summed E-state index contributed by atoms with van der Waals surface area (Å²) in [5, 5.41) is 11.1. The van der Waals surface area contributed by atoms with Gasteiger partial charge in [0.2, 0.25) is 0 Å². The molecule has 0 saturated carbocycles. The van der Waals surface area contributed by atoms with Gasteiger partial charge in [-0.05, 0) is 42.5 Å². The molecule has 1 unspecified atom stereocenters. The summed E-state index contributed by atoms with van der Waals surface area (Å²) in [5.41, 5.74) is 7.33. The zero-order valence-electron chi connectivity index (χ0n) is 16.3. The quantitative estimate of drug-likeness (QED) is 0.446. The molecular formula is C24H24CsNO. The Hall–Kier alpha value is -0.688. The molecule has 2 aromatic carbocycles. The molecule has 0 saturated heterocycles. The molecule has 1 aliphatic carbocycles. The molecule has 0 bridgehead atoms. The number of rotatable bonds is 5. The molecule has 4 rings (SSSR count). The third kappa shape index (κ3) is 3.91. The molecule has 0 amide bonds. The minimum atomic E-state index is 0. The number of allylic oxidation sites excluding steroid dienone is 1. The van der Waals surface area contributed by atoms with Gasteiger partial charge in [0.15, 0.2) is 0 Å². The van der Waals surface area contributed by atoms with E-state index in [9.17, 15) is 5.11 Å². The minimum absolute atomic E-state index is 0. The van der Waals surface area contributed by atoms with Crippen LogP contribution >= 0.6 is 0 Å². The molecule has 2 nitrogen and oxygen atoms in total. The van der Waals surface area contributed by atoms with E-state index in [1.54, 1.807) is 0 Å². The Balaban J connectivity index is 0.00000210. The number of aryl methyl sites for hydroxylation is 2. The van der Waals surface area contributed by atoms with E-state index in [-0.39, 0.29) is 80.6 Å². The average molecular weight is 475 g/mol. The molecule has 0 fully saturated rings. The SMILES string of the molecule is C=C(O)CC1CCc2c1n(C(=C)c1cc[c-]cc1)c1ccc(CC)cc21.[Cs+]. The zero-order chi connectivity index (χ0) is 18.3. The van der Waals surface area contributed by atoms with Gasteiger partial charge in [-0.3, -0.25) is 0 Å². The number of aliphatic hydroxyl groups is 1. The molecule has 3 heteroatoms. The van der Waals surface area contributed by atoms with Crippen molar-refractivity contribution >= 4 is 16.6 Å². The van der Waals surface area contributed by atoms with E-state index in [2.05, 4.69) is 61.0 Å². The molecule has 1 N–H and O–H groups in total. The first-order chi connectivity index (χ1) is 12.6. The smallest absolute Gasteiger partial charge is 0.513 e. The number of fused-ring (bicyclic) bond motifs is 3. The van der Waals surface area contributed by atoms with Gasteiger partial charge in [0.1, 0.15) is 0 Å². The van der Waals surface area contributed by atoms with E-state index in [0.29, 0.717) is 6.42 Å². The Morgan fingerprint density at radius 3 is 2.63 bits per heavy atom. The van der Waals surface area contributed by atoms with Gasteiger partial charge in [-0.2, -0.15) is 30.3 Å². The Morgan fingerprint density at radius 2 is 1.96 bits per heavy atom. The van der Waals surface area contributed by atoms with E-state index in [0.717, 1.165) is 30.5 Å². The van der Waals surface area contributed by atoms with Gasteiger partial charge in [-0.1, -0.05) is 26.1 Å². The van der Waals surface area contributed by atoms with Gasteiger partial charge in [-0.25, -0.2) is 0 Å². The fourth-order valence-electron chi connectivity index (χ4n) is 4.27. The summed E-state index contributed by atoms with van der Waals surface area (Å²) in [6, 6.07) is 17.8. The molecule has 132 valence electrons. The predicted octanol–water partition coefficient (Wildman–Crippen LogP) is 3.02. The van der Waals surface area contributed by atoms with E-state index >= 15 is 0 Å². The van der Waals surface area contributed by atoms with Gasteiger partial charge >= 0.3 is 68.9 Å². The predicted molar refractivity (Wildman–Crippen MR) is 108 cm³/mol. The van der Waals surface area contributed by atoms with Crippen LogP contribution in [-0.4, -0.2) is 9.67 Å². The van der Waals surface area contributed by atoms with Gasteiger partial charge in [0.05, 0.1) is 11.3 Å². The maximum atomic E-state index is 9.81. The second kappa shape index (κ2) is 8.77. The van der Waals surface area contributed by atoms with Crippen molar-refractivity contribution in [3.8, 4) is 0 Å². The molecular weight excluding hydrogens is 451 g/mol. The molecule has 3 aromatic rings. The summed E-state index contributed by atoms with van der Waals surface area (Å²) >= 11 is 0. The largest absolute Gasteiger partial charge is 1.00 e. The third-order valence-electron chi connectivity index (χ3n) is 5.52. The number of hydrogen-bond donors (Lipinski definition) is 1. The number of aliphatic hydroxyl groups excluding tert-OH is 1. The molecule has 0 radical (unpaired) electrons. The monoisotopic (exact) mass is 475 g/mol. The van der Waals surface area contributed by atoms with Crippen LogP contribution in [0.1, 0.15) is 48.1 Å². The number of hydrogen-bond acceptors (Lipinski definition) is 1. The maximum absolute atomic E-state index is 9.81. The zero-order valence-corrected chi connectivity index (χ0v) is 22.5. The number of nitrogens with zero attached hydrogens (tertiary/aromatic N) is 1. The standard InChI is InChI=1S/C24H24NO.Cs/c1-4-18-10-13-23-22(15-18)21-12-11-20(14-16(2)26)24(21)25(23)17(3)19-8-6-5-7-9-19;/h6-10,13,15,20,26H,2-4,11-12,14H2,1H3;/q-1;+1. The van der Waals surface area contributed by atoms with E-state index in [4.69, 9.17) is 0 Å². The van der Waals surface area contributed by atoms with Gasteiger partial charge in [0.25, 0.3) is 0 Å². The normalized spacial score (nSPS) is 15.4. The number of aromatic nitrogens is 1. The summed E-state index contributed by atoms with van der Waals surface area (Å²) < 4.78 is 2.31. The molecule has 1 aromatic heterocycles. The average Bonchev–Trinajstić information content (AvgIpc) is 3.19. The van der Waals surface area contributed by atoms with Crippen molar-refractivity contribution in [3.63, 3.8) is 0 Å². The molecule has 0 aliphatic heterocycles. The Kier molecular flexibility index (Phi) is 6.83. The van der Waals surface area contributed by atoms with Crippen LogP contribution < -0.4 is 68.9 Å².